The van der Waals surface area contributed by atoms with Gasteiger partial charge in [-0.3, -0.25) is 4.79 Å². The maximum Gasteiger partial charge on any atom is 0.234 e. The van der Waals surface area contributed by atoms with Gasteiger partial charge in [0.25, 0.3) is 0 Å². The molecule has 1 aromatic heterocycles. The molecule has 0 aliphatic heterocycles. The number of carbonyl (C=O) groups is 1. The number of hydrogen-bond donors (Lipinski definition) is 2. The first-order valence-corrected chi connectivity index (χ1v) is 10.4. The number of nitrogens with zero attached hydrogens (tertiary/aromatic N) is 2. The van der Waals surface area contributed by atoms with Crippen LogP contribution in [0.2, 0.25) is 0 Å². The Bertz CT molecular complexity index is 710. The molecule has 3 rings (SSSR count). The summed E-state index contributed by atoms with van der Waals surface area (Å²) in [6, 6.07) is 4.49. The third kappa shape index (κ3) is 4.91. The van der Waals surface area contributed by atoms with Crippen LogP contribution in [0.5, 0.6) is 0 Å². The van der Waals surface area contributed by atoms with Gasteiger partial charge in [-0.05, 0) is 69.3 Å². The summed E-state index contributed by atoms with van der Waals surface area (Å²) in [7, 11) is 0. The largest absolute Gasteiger partial charge is 0.357 e. The number of rotatable bonds is 6. The molecule has 5 nitrogen and oxygen atoms in total. The lowest BCUT2D eigenvalue weighted by Gasteiger charge is -2.10. The van der Waals surface area contributed by atoms with E-state index in [0.29, 0.717) is 11.8 Å². The lowest BCUT2D eigenvalue weighted by molar-refractivity contribution is -0.113. The fourth-order valence-electron chi connectivity index (χ4n) is 1.85. The lowest BCUT2D eigenvalue weighted by atomic mass is 10.2. The van der Waals surface area contributed by atoms with Crippen molar-refractivity contribution in [2.45, 2.75) is 30.1 Å². The Kier molecular flexibility index (Phi) is 5.61. The summed E-state index contributed by atoms with van der Waals surface area (Å²) in [5.74, 6) is 0.220. The van der Waals surface area contributed by atoms with Crippen molar-refractivity contribution in [2.75, 3.05) is 16.4 Å². The molecule has 1 fully saturated rings. The summed E-state index contributed by atoms with van der Waals surface area (Å²) in [4.78, 5) is 12.1. The molecule has 0 unspecified atom stereocenters. The molecule has 122 valence electrons. The van der Waals surface area contributed by atoms with E-state index in [4.69, 9.17) is 0 Å². The third-order valence-electron chi connectivity index (χ3n) is 3.09. The molecule has 1 heterocycles. The van der Waals surface area contributed by atoms with Crippen LogP contribution in [0.15, 0.2) is 25.4 Å². The van der Waals surface area contributed by atoms with Gasteiger partial charge in [0.1, 0.15) is 0 Å². The number of hydrogen-bond acceptors (Lipinski definition) is 6. The predicted molar refractivity (Wildman–Crippen MR) is 102 cm³/mol. The van der Waals surface area contributed by atoms with Gasteiger partial charge in [0.2, 0.25) is 11.0 Å². The number of carbonyl (C=O) groups excluding carboxylic acids is 1. The molecule has 23 heavy (non-hydrogen) atoms. The summed E-state index contributed by atoms with van der Waals surface area (Å²) >= 11 is 9.83. The zero-order chi connectivity index (χ0) is 16.4. The van der Waals surface area contributed by atoms with E-state index in [1.165, 1.54) is 35.9 Å². The highest BCUT2D eigenvalue weighted by atomic mass is 79.9. The Balaban J connectivity index is 1.54. The first kappa shape index (κ1) is 17.2. The fraction of sp³-hybridized carbons (Fsp3) is 0.357. The van der Waals surface area contributed by atoms with Crippen molar-refractivity contribution in [2.24, 2.45) is 0 Å². The van der Waals surface area contributed by atoms with Gasteiger partial charge in [0.15, 0.2) is 4.34 Å². The molecule has 0 saturated heterocycles. The lowest BCUT2D eigenvalue weighted by Crippen LogP contribution is -2.14. The van der Waals surface area contributed by atoms with E-state index < -0.39 is 0 Å². The highest BCUT2D eigenvalue weighted by molar-refractivity contribution is 9.11. The first-order chi connectivity index (χ1) is 11.0. The van der Waals surface area contributed by atoms with Gasteiger partial charge in [-0.15, -0.1) is 10.2 Å². The van der Waals surface area contributed by atoms with Crippen LogP contribution in [0, 0.1) is 6.92 Å². The first-order valence-electron chi connectivity index (χ1n) is 6.99. The van der Waals surface area contributed by atoms with Crippen LogP contribution in [0.1, 0.15) is 18.4 Å². The summed E-state index contributed by atoms with van der Waals surface area (Å²) in [5, 5.41) is 15.2. The second-order valence-electron chi connectivity index (χ2n) is 5.23. The minimum Gasteiger partial charge on any atom is -0.357 e. The van der Waals surface area contributed by atoms with E-state index in [1.54, 1.807) is 0 Å². The van der Waals surface area contributed by atoms with E-state index in [2.05, 4.69) is 52.7 Å². The van der Waals surface area contributed by atoms with Gasteiger partial charge in [-0.25, -0.2) is 0 Å². The van der Waals surface area contributed by atoms with Gasteiger partial charge in [-0.1, -0.05) is 23.1 Å². The highest BCUT2D eigenvalue weighted by Crippen LogP contribution is 2.33. The minimum atomic E-state index is -0.0767. The maximum atomic E-state index is 12.1. The van der Waals surface area contributed by atoms with Crippen LogP contribution < -0.4 is 10.6 Å². The van der Waals surface area contributed by atoms with E-state index >= 15 is 0 Å². The maximum absolute atomic E-state index is 12.1. The number of nitrogens with one attached hydrogen (secondary N) is 2. The average Bonchev–Trinajstić information content (AvgIpc) is 3.18. The van der Waals surface area contributed by atoms with Crippen LogP contribution >= 0.6 is 55.0 Å². The molecule has 1 amide bonds. The zero-order valence-electron chi connectivity index (χ0n) is 12.2. The standard InChI is InChI=1S/C14H14Br2N4OS2/c1-7-4-9(15)12(10(16)5-7)18-11(21)6-22-14-20-19-13(23-14)17-8-2-3-8/h4-5,8H,2-3,6H2,1H3,(H,17,19)(H,18,21). The minimum absolute atomic E-state index is 0.0767. The third-order valence-corrected chi connectivity index (χ3v) is 6.33. The van der Waals surface area contributed by atoms with Crippen molar-refractivity contribution < 1.29 is 4.79 Å². The molecule has 0 radical (unpaired) electrons. The number of thioether (sulfide) groups is 1. The van der Waals surface area contributed by atoms with Gasteiger partial charge < -0.3 is 10.6 Å². The Morgan fingerprint density at radius 2 is 2.04 bits per heavy atom. The molecular weight excluding hydrogens is 464 g/mol. The second-order valence-corrected chi connectivity index (χ2v) is 9.14. The van der Waals surface area contributed by atoms with Crippen molar-refractivity contribution in [1.29, 1.82) is 0 Å². The number of anilines is 2. The molecular formula is C14H14Br2N4OS2. The molecule has 2 aromatic rings. The Hall–Kier alpha value is -0.640. The Morgan fingerprint density at radius 3 is 2.70 bits per heavy atom. The van der Waals surface area contributed by atoms with Crippen molar-refractivity contribution >= 4 is 71.7 Å². The van der Waals surface area contributed by atoms with Gasteiger partial charge >= 0.3 is 0 Å². The van der Waals surface area contributed by atoms with E-state index in [0.717, 1.165) is 29.7 Å². The molecule has 1 aromatic carbocycles. The number of halogens is 2. The summed E-state index contributed by atoms with van der Waals surface area (Å²) in [6.45, 7) is 2.00. The predicted octanol–water partition coefficient (Wildman–Crippen LogP) is 4.68. The van der Waals surface area contributed by atoms with Crippen molar-refractivity contribution in [3.05, 3.63) is 26.6 Å². The van der Waals surface area contributed by atoms with Gasteiger partial charge in [0, 0.05) is 15.0 Å². The van der Waals surface area contributed by atoms with Crippen molar-refractivity contribution in [1.82, 2.24) is 10.2 Å². The molecule has 1 aliphatic carbocycles. The number of aromatic nitrogens is 2. The molecule has 2 N–H and O–H groups in total. The highest BCUT2D eigenvalue weighted by Gasteiger charge is 2.22. The van der Waals surface area contributed by atoms with Crippen LogP contribution in [-0.2, 0) is 4.79 Å². The van der Waals surface area contributed by atoms with Crippen LogP contribution in [0.4, 0.5) is 10.8 Å². The average molecular weight is 478 g/mol. The molecule has 9 heteroatoms. The van der Waals surface area contributed by atoms with E-state index in [9.17, 15) is 4.79 Å². The molecule has 1 saturated carbocycles. The summed E-state index contributed by atoms with van der Waals surface area (Å²) in [6.07, 6.45) is 2.40. The molecule has 0 spiro atoms. The van der Waals surface area contributed by atoms with Crippen LogP contribution in [0.25, 0.3) is 0 Å². The smallest absolute Gasteiger partial charge is 0.234 e. The molecule has 1 aliphatic rings. The molecule has 0 bridgehead atoms. The van der Waals surface area contributed by atoms with Gasteiger partial charge in [0.05, 0.1) is 11.4 Å². The van der Waals surface area contributed by atoms with E-state index in [1.807, 2.05) is 19.1 Å². The number of amides is 1. The second kappa shape index (κ2) is 7.50. The number of benzene rings is 1. The SMILES string of the molecule is Cc1cc(Br)c(NC(=O)CSc2nnc(NC3CC3)s2)c(Br)c1. The van der Waals surface area contributed by atoms with E-state index in [-0.39, 0.29) is 5.91 Å². The van der Waals surface area contributed by atoms with Crippen molar-refractivity contribution in [3.8, 4) is 0 Å². The molecule has 0 atom stereocenters. The fourth-order valence-corrected chi connectivity index (χ4v) is 5.09. The number of aryl methyl sites for hydroxylation is 1. The van der Waals surface area contributed by atoms with Crippen molar-refractivity contribution in [3.63, 3.8) is 0 Å². The van der Waals surface area contributed by atoms with Crippen LogP contribution in [-0.4, -0.2) is 27.9 Å². The Labute approximate surface area is 159 Å². The zero-order valence-corrected chi connectivity index (χ0v) is 17.0. The Morgan fingerprint density at radius 1 is 1.35 bits per heavy atom. The monoisotopic (exact) mass is 476 g/mol. The normalized spacial score (nSPS) is 13.9. The summed E-state index contributed by atoms with van der Waals surface area (Å²) < 4.78 is 2.51. The van der Waals surface area contributed by atoms with Crippen LogP contribution in [0.3, 0.4) is 0 Å². The quantitative estimate of drug-likeness (QED) is 0.591. The summed E-state index contributed by atoms with van der Waals surface area (Å²) in [5.41, 5.74) is 1.86. The topological polar surface area (TPSA) is 66.9 Å². The van der Waals surface area contributed by atoms with Gasteiger partial charge in [-0.2, -0.15) is 0 Å².